The average Bonchev–Trinajstić information content (AvgIpc) is 3.09. The fraction of sp³-hybridized carbons (Fsp3) is 0.500. The van der Waals surface area contributed by atoms with E-state index >= 15 is 0 Å². The zero-order valence-corrected chi connectivity index (χ0v) is 17.8. The fourth-order valence-corrected chi connectivity index (χ4v) is 3.47. The summed E-state index contributed by atoms with van der Waals surface area (Å²) in [6.45, 7) is 5.93. The highest BCUT2D eigenvalue weighted by atomic mass is 16.5. The number of benzene rings is 1. The average molecular weight is 415 g/mol. The molecule has 1 aliphatic rings. The molecule has 0 radical (unpaired) electrons. The monoisotopic (exact) mass is 415 g/mol. The summed E-state index contributed by atoms with van der Waals surface area (Å²) < 4.78 is 16.4. The zero-order chi connectivity index (χ0) is 21.5. The molecule has 162 valence electrons. The van der Waals surface area contributed by atoms with Gasteiger partial charge in [-0.15, -0.1) is 0 Å². The van der Waals surface area contributed by atoms with Crippen LogP contribution in [0.5, 0.6) is 11.5 Å². The second-order valence-corrected chi connectivity index (χ2v) is 7.40. The topological polar surface area (TPSA) is 93.9 Å². The number of nitrogens with zero attached hydrogens (tertiary/aromatic N) is 2. The van der Waals surface area contributed by atoms with Crippen molar-refractivity contribution in [3.63, 3.8) is 0 Å². The molecule has 0 unspecified atom stereocenters. The van der Waals surface area contributed by atoms with Gasteiger partial charge in [0, 0.05) is 31.6 Å². The number of ether oxygens (including phenoxy) is 2. The molecule has 30 heavy (non-hydrogen) atoms. The number of nitrogens with one attached hydrogen (secondary N) is 1. The van der Waals surface area contributed by atoms with E-state index in [1.807, 2.05) is 18.7 Å². The predicted molar refractivity (Wildman–Crippen MR) is 111 cm³/mol. The number of hydrogen-bond donors (Lipinski definition) is 1. The number of rotatable bonds is 8. The molecule has 1 fully saturated rings. The van der Waals surface area contributed by atoms with Crippen LogP contribution in [0.15, 0.2) is 22.7 Å². The van der Waals surface area contributed by atoms with E-state index in [1.54, 1.807) is 18.2 Å². The van der Waals surface area contributed by atoms with Gasteiger partial charge in [0.2, 0.25) is 5.91 Å². The van der Waals surface area contributed by atoms with Crippen LogP contribution in [0.1, 0.15) is 53.1 Å². The molecular formula is C22H29N3O5. The third-order valence-electron chi connectivity index (χ3n) is 5.31. The molecule has 8 heteroatoms. The summed E-state index contributed by atoms with van der Waals surface area (Å²) in [5.74, 6) is 1.53. The van der Waals surface area contributed by atoms with Crippen molar-refractivity contribution < 1.29 is 23.6 Å². The Labute approximate surface area is 176 Å². The minimum atomic E-state index is -0.253. The summed E-state index contributed by atoms with van der Waals surface area (Å²) in [5.41, 5.74) is 2.11. The van der Waals surface area contributed by atoms with Gasteiger partial charge in [-0.1, -0.05) is 5.16 Å². The molecule has 0 bridgehead atoms. The Bertz CT molecular complexity index is 867. The van der Waals surface area contributed by atoms with Crippen molar-refractivity contribution in [3.05, 3.63) is 40.8 Å². The van der Waals surface area contributed by atoms with Crippen LogP contribution in [0.25, 0.3) is 0 Å². The summed E-state index contributed by atoms with van der Waals surface area (Å²) in [6, 6.07) is 5.00. The SMILES string of the molecule is COc1cc(C(=O)NCCC(=O)N2CCCCC2)ccc1OCc1c(C)noc1C. The Morgan fingerprint density at radius 3 is 2.60 bits per heavy atom. The molecule has 1 aliphatic heterocycles. The van der Waals surface area contributed by atoms with Crippen LogP contribution >= 0.6 is 0 Å². The van der Waals surface area contributed by atoms with Gasteiger partial charge in [-0.25, -0.2) is 0 Å². The van der Waals surface area contributed by atoms with Crippen LogP contribution in [-0.4, -0.2) is 48.6 Å². The van der Waals surface area contributed by atoms with Crippen molar-refractivity contribution in [1.29, 1.82) is 0 Å². The lowest BCUT2D eigenvalue weighted by Crippen LogP contribution is -2.37. The summed E-state index contributed by atoms with van der Waals surface area (Å²) in [5, 5.41) is 6.72. The number of methoxy groups -OCH3 is 1. The van der Waals surface area contributed by atoms with E-state index in [0.29, 0.717) is 42.4 Å². The lowest BCUT2D eigenvalue weighted by atomic mass is 10.1. The van der Waals surface area contributed by atoms with Crippen LogP contribution in [0.2, 0.25) is 0 Å². The maximum atomic E-state index is 12.5. The first-order chi connectivity index (χ1) is 14.5. The molecule has 2 amide bonds. The third-order valence-corrected chi connectivity index (χ3v) is 5.31. The van der Waals surface area contributed by atoms with E-state index in [9.17, 15) is 9.59 Å². The summed E-state index contributed by atoms with van der Waals surface area (Å²) in [4.78, 5) is 26.5. The van der Waals surface area contributed by atoms with Crippen LogP contribution in [0.3, 0.4) is 0 Å². The van der Waals surface area contributed by atoms with Gasteiger partial charge in [0.15, 0.2) is 11.5 Å². The standard InChI is InChI=1S/C22H29N3O5/c1-15-18(16(2)30-24-15)14-29-19-8-7-17(13-20(19)28-3)22(27)23-10-9-21(26)25-11-5-4-6-12-25/h7-8,13H,4-6,9-12,14H2,1-3H3,(H,23,27). The van der Waals surface area contributed by atoms with E-state index in [2.05, 4.69) is 10.5 Å². The summed E-state index contributed by atoms with van der Waals surface area (Å²) in [6.07, 6.45) is 3.60. The van der Waals surface area contributed by atoms with Gasteiger partial charge in [0.1, 0.15) is 12.4 Å². The van der Waals surface area contributed by atoms with Crippen molar-refractivity contribution in [1.82, 2.24) is 15.4 Å². The van der Waals surface area contributed by atoms with E-state index < -0.39 is 0 Å². The van der Waals surface area contributed by atoms with Crippen LogP contribution in [-0.2, 0) is 11.4 Å². The molecule has 1 aromatic heterocycles. The smallest absolute Gasteiger partial charge is 0.251 e. The zero-order valence-electron chi connectivity index (χ0n) is 17.8. The number of carbonyl (C=O) groups excluding carboxylic acids is 2. The van der Waals surface area contributed by atoms with Crippen molar-refractivity contribution >= 4 is 11.8 Å². The Hall–Kier alpha value is -3.03. The molecule has 1 aromatic carbocycles. The quantitative estimate of drug-likeness (QED) is 0.712. The van der Waals surface area contributed by atoms with Crippen molar-refractivity contribution in [2.75, 3.05) is 26.7 Å². The Balaban J connectivity index is 1.54. The minimum absolute atomic E-state index is 0.0932. The number of aryl methyl sites for hydroxylation is 2. The minimum Gasteiger partial charge on any atom is -0.493 e. The Morgan fingerprint density at radius 2 is 1.93 bits per heavy atom. The summed E-state index contributed by atoms with van der Waals surface area (Å²) in [7, 11) is 1.52. The van der Waals surface area contributed by atoms with Crippen LogP contribution < -0.4 is 14.8 Å². The third kappa shape index (κ3) is 5.31. The lowest BCUT2D eigenvalue weighted by Gasteiger charge is -2.26. The van der Waals surface area contributed by atoms with Crippen molar-refractivity contribution in [2.45, 2.75) is 46.1 Å². The highest BCUT2D eigenvalue weighted by molar-refractivity contribution is 5.95. The fourth-order valence-electron chi connectivity index (χ4n) is 3.47. The normalized spacial score (nSPS) is 13.8. The molecule has 0 spiro atoms. The van der Waals surface area contributed by atoms with Crippen molar-refractivity contribution in [3.8, 4) is 11.5 Å². The highest BCUT2D eigenvalue weighted by Crippen LogP contribution is 2.29. The molecule has 2 heterocycles. The van der Waals surface area contributed by atoms with Gasteiger partial charge in [-0.2, -0.15) is 0 Å². The van der Waals surface area contributed by atoms with E-state index in [0.717, 1.165) is 37.2 Å². The first kappa shape index (κ1) is 21.7. The molecule has 8 nitrogen and oxygen atoms in total. The number of carbonyl (C=O) groups is 2. The van der Waals surface area contributed by atoms with Gasteiger partial charge in [-0.3, -0.25) is 9.59 Å². The van der Waals surface area contributed by atoms with E-state index in [-0.39, 0.29) is 11.8 Å². The van der Waals surface area contributed by atoms with Crippen LogP contribution in [0.4, 0.5) is 0 Å². The Kier molecular flexibility index (Phi) is 7.32. The van der Waals surface area contributed by atoms with Crippen molar-refractivity contribution in [2.24, 2.45) is 0 Å². The number of amides is 2. The molecule has 2 aromatic rings. The maximum absolute atomic E-state index is 12.5. The highest BCUT2D eigenvalue weighted by Gasteiger charge is 2.17. The Morgan fingerprint density at radius 1 is 1.17 bits per heavy atom. The first-order valence-electron chi connectivity index (χ1n) is 10.3. The number of aromatic nitrogens is 1. The molecular weight excluding hydrogens is 386 g/mol. The van der Waals surface area contributed by atoms with Gasteiger partial charge in [0.05, 0.1) is 18.4 Å². The van der Waals surface area contributed by atoms with Crippen LogP contribution in [0, 0.1) is 13.8 Å². The molecule has 1 saturated heterocycles. The predicted octanol–water partition coefficient (Wildman–Crippen LogP) is 3.01. The molecule has 1 N–H and O–H groups in total. The molecule has 0 atom stereocenters. The largest absolute Gasteiger partial charge is 0.493 e. The number of hydrogen-bond acceptors (Lipinski definition) is 6. The molecule has 0 saturated carbocycles. The summed E-state index contributed by atoms with van der Waals surface area (Å²) >= 11 is 0. The second kappa shape index (κ2) is 10.1. The lowest BCUT2D eigenvalue weighted by molar-refractivity contribution is -0.131. The maximum Gasteiger partial charge on any atom is 0.251 e. The number of likely N-dealkylation sites (tertiary alicyclic amines) is 1. The molecule has 3 rings (SSSR count). The second-order valence-electron chi connectivity index (χ2n) is 7.40. The van der Waals surface area contributed by atoms with Gasteiger partial charge >= 0.3 is 0 Å². The van der Waals surface area contributed by atoms with E-state index in [1.165, 1.54) is 13.5 Å². The van der Waals surface area contributed by atoms with E-state index in [4.69, 9.17) is 14.0 Å². The molecule has 0 aliphatic carbocycles. The van der Waals surface area contributed by atoms with Gasteiger partial charge < -0.3 is 24.2 Å². The van der Waals surface area contributed by atoms with Gasteiger partial charge in [-0.05, 0) is 51.3 Å². The van der Waals surface area contributed by atoms with Gasteiger partial charge in [0.25, 0.3) is 5.91 Å². The number of piperidine rings is 1. The first-order valence-corrected chi connectivity index (χ1v) is 10.3.